The number of rotatable bonds is 6. The van der Waals surface area contributed by atoms with E-state index in [1.165, 1.54) is 23.9 Å². The van der Waals surface area contributed by atoms with Gasteiger partial charge in [-0.15, -0.1) is 0 Å². The van der Waals surface area contributed by atoms with Crippen LogP contribution in [0.1, 0.15) is 24.3 Å². The number of hydrogen-bond acceptors (Lipinski definition) is 4. The van der Waals surface area contributed by atoms with Gasteiger partial charge >= 0.3 is 5.70 Å². The molecule has 1 heterocycles. The van der Waals surface area contributed by atoms with Crippen LogP contribution in [0.3, 0.4) is 0 Å². The summed E-state index contributed by atoms with van der Waals surface area (Å²) >= 11 is 24.9. The van der Waals surface area contributed by atoms with Gasteiger partial charge in [0.05, 0.1) is 4.92 Å². The zero-order valence-electron chi connectivity index (χ0n) is 16.0. The van der Waals surface area contributed by atoms with Crippen molar-refractivity contribution in [3.05, 3.63) is 95.3 Å². The summed E-state index contributed by atoms with van der Waals surface area (Å²) in [5.41, 5.74) is 0.704. The molecular weight excluding hydrogens is 505 g/mol. The lowest BCUT2D eigenvalue weighted by atomic mass is 9.89. The molecule has 0 bridgehead atoms. The van der Waals surface area contributed by atoms with E-state index in [2.05, 4.69) is 0 Å². The van der Waals surface area contributed by atoms with E-state index < -0.39 is 4.92 Å². The standard InChI is InChI=1S/C21H17Cl4FN2O2S/c22-15-3-7-17(8-4-15)31-21(19(28(29)30)18(23)20(24)25)27-11-9-14(10-12-27)13-1-5-16(26)6-2-13/h1-8,14H,9-12H2/b21-19-. The van der Waals surface area contributed by atoms with E-state index in [0.29, 0.717) is 23.1 Å². The lowest BCUT2D eigenvalue weighted by Crippen LogP contribution is -2.33. The van der Waals surface area contributed by atoms with Crippen LogP contribution in [0.5, 0.6) is 0 Å². The van der Waals surface area contributed by atoms with E-state index >= 15 is 0 Å². The Kier molecular flexibility index (Phi) is 8.53. The predicted octanol–water partition coefficient (Wildman–Crippen LogP) is 7.78. The maximum Gasteiger partial charge on any atom is 0.320 e. The van der Waals surface area contributed by atoms with Gasteiger partial charge in [-0.25, -0.2) is 4.39 Å². The third kappa shape index (κ3) is 6.30. The Morgan fingerprint density at radius 3 is 2.13 bits per heavy atom. The Morgan fingerprint density at radius 2 is 1.61 bits per heavy atom. The largest absolute Gasteiger partial charge is 0.360 e. The highest BCUT2D eigenvalue weighted by Gasteiger charge is 2.32. The van der Waals surface area contributed by atoms with Crippen molar-refractivity contribution in [2.75, 3.05) is 13.1 Å². The molecule has 4 nitrogen and oxygen atoms in total. The molecule has 1 aliphatic rings. The molecule has 0 atom stereocenters. The lowest BCUT2D eigenvalue weighted by molar-refractivity contribution is -0.421. The summed E-state index contributed by atoms with van der Waals surface area (Å²) in [5, 5.41) is 12.5. The van der Waals surface area contributed by atoms with Crippen molar-refractivity contribution in [3.63, 3.8) is 0 Å². The molecular formula is C21H17Cl4FN2O2S. The van der Waals surface area contributed by atoms with Gasteiger partial charge < -0.3 is 4.90 Å². The highest BCUT2D eigenvalue weighted by atomic mass is 35.5. The second-order valence-corrected chi connectivity index (χ2v) is 9.68. The average Bonchev–Trinajstić information content (AvgIpc) is 2.75. The van der Waals surface area contributed by atoms with Crippen molar-refractivity contribution in [1.29, 1.82) is 0 Å². The topological polar surface area (TPSA) is 46.4 Å². The first-order valence-corrected chi connectivity index (χ1v) is 11.6. The van der Waals surface area contributed by atoms with Gasteiger partial charge in [-0.05, 0) is 60.7 Å². The molecule has 164 valence electrons. The first-order valence-electron chi connectivity index (χ1n) is 9.30. The van der Waals surface area contributed by atoms with E-state index in [0.717, 1.165) is 23.3 Å². The van der Waals surface area contributed by atoms with Gasteiger partial charge in [0.15, 0.2) is 10.1 Å². The molecule has 1 fully saturated rings. The third-order valence-electron chi connectivity index (χ3n) is 4.91. The highest BCUT2D eigenvalue weighted by Crippen LogP contribution is 2.40. The number of halogens is 5. The van der Waals surface area contributed by atoms with E-state index in [1.807, 2.05) is 4.90 Å². The van der Waals surface area contributed by atoms with Crippen molar-refractivity contribution in [2.45, 2.75) is 23.7 Å². The molecule has 1 saturated heterocycles. The quantitative estimate of drug-likeness (QED) is 0.168. The summed E-state index contributed by atoms with van der Waals surface area (Å²) in [7, 11) is 0. The first kappa shape index (κ1) is 24.2. The number of nitrogens with zero attached hydrogens (tertiary/aromatic N) is 2. The van der Waals surface area contributed by atoms with Gasteiger partial charge in [0, 0.05) is 23.0 Å². The molecule has 2 aromatic rings. The highest BCUT2D eigenvalue weighted by molar-refractivity contribution is 8.03. The molecule has 0 radical (unpaired) electrons. The Hall–Kier alpha value is -1.44. The van der Waals surface area contributed by atoms with Crippen molar-refractivity contribution < 1.29 is 9.31 Å². The molecule has 0 N–H and O–H groups in total. The molecule has 0 aliphatic carbocycles. The van der Waals surface area contributed by atoms with E-state index in [9.17, 15) is 14.5 Å². The smallest absolute Gasteiger partial charge is 0.320 e. The van der Waals surface area contributed by atoms with Crippen molar-refractivity contribution >= 4 is 58.2 Å². The minimum absolute atomic E-state index is 0.236. The fourth-order valence-corrected chi connectivity index (χ4v) is 4.97. The molecule has 0 saturated carbocycles. The van der Waals surface area contributed by atoms with Crippen LogP contribution >= 0.6 is 58.2 Å². The predicted molar refractivity (Wildman–Crippen MR) is 126 cm³/mol. The molecule has 2 aromatic carbocycles. The van der Waals surface area contributed by atoms with Gasteiger partial charge in [-0.1, -0.05) is 70.3 Å². The van der Waals surface area contributed by atoms with Gasteiger partial charge in [0.2, 0.25) is 0 Å². The van der Waals surface area contributed by atoms with E-state index in [-0.39, 0.29) is 27.0 Å². The fraction of sp³-hybridized carbons (Fsp3) is 0.238. The molecule has 0 unspecified atom stereocenters. The van der Waals surface area contributed by atoms with Crippen LogP contribution in [0.15, 0.2) is 73.7 Å². The second kappa shape index (κ2) is 10.9. The molecule has 3 rings (SSSR count). The Bertz CT molecular complexity index is 1000. The molecule has 1 aliphatic heterocycles. The fourth-order valence-electron chi connectivity index (χ4n) is 3.37. The lowest BCUT2D eigenvalue weighted by Gasteiger charge is -2.34. The van der Waals surface area contributed by atoms with Crippen LogP contribution in [0.25, 0.3) is 0 Å². The molecule has 31 heavy (non-hydrogen) atoms. The maximum absolute atomic E-state index is 13.2. The number of allylic oxidation sites excluding steroid dienone is 1. The summed E-state index contributed by atoms with van der Waals surface area (Å²) in [6, 6.07) is 13.4. The summed E-state index contributed by atoms with van der Waals surface area (Å²) in [6.45, 7) is 1.11. The third-order valence-corrected chi connectivity index (χ3v) is 7.25. The van der Waals surface area contributed by atoms with Gasteiger partial charge in [-0.3, -0.25) is 10.1 Å². The maximum atomic E-state index is 13.2. The summed E-state index contributed by atoms with van der Waals surface area (Å²) in [4.78, 5) is 14.0. The van der Waals surface area contributed by atoms with Gasteiger partial charge in [-0.2, -0.15) is 0 Å². The zero-order chi connectivity index (χ0) is 22.5. The molecule has 0 spiro atoms. The summed E-state index contributed by atoms with van der Waals surface area (Å²) < 4.78 is 12.9. The number of likely N-dealkylation sites (tertiary alicyclic amines) is 1. The van der Waals surface area contributed by atoms with Crippen LogP contribution in [0, 0.1) is 15.9 Å². The normalized spacial score (nSPS) is 15.5. The first-order chi connectivity index (χ1) is 14.8. The van der Waals surface area contributed by atoms with E-state index in [4.69, 9.17) is 46.4 Å². The monoisotopic (exact) mass is 520 g/mol. The van der Waals surface area contributed by atoms with Crippen LogP contribution < -0.4 is 0 Å². The van der Waals surface area contributed by atoms with Crippen LogP contribution in [-0.4, -0.2) is 22.9 Å². The number of benzene rings is 2. The Labute approximate surface area is 203 Å². The minimum Gasteiger partial charge on any atom is -0.360 e. The summed E-state index contributed by atoms with van der Waals surface area (Å²) in [5.74, 6) is -0.0407. The Morgan fingerprint density at radius 1 is 1.03 bits per heavy atom. The number of thioether (sulfide) groups is 1. The summed E-state index contributed by atoms with van der Waals surface area (Å²) in [6.07, 6.45) is 1.49. The zero-order valence-corrected chi connectivity index (χ0v) is 19.9. The minimum atomic E-state index is -0.572. The van der Waals surface area contributed by atoms with E-state index in [1.54, 1.807) is 36.4 Å². The number of piperidine rings is 1. The van der Waals surface area contributed by atoms with Crippen LogP contribution in [0.2, 0.25) is 5.02 Å². The molecule has 0 aromatic heterocycles. The van der Waals surface area contributed by atoms with Gasteiger partial charge in [0.1, 0.15) is 10.3 Å². The van der Waals surface area contributed by atoms with Crippen molar-refractivity contribution in [2.24, 2.45) is 0 Å². The number of hydrogen-bond donors (Lipinski definition) is 0. The second-order valence-electron chi connectivity index (χ2n) is 6.85. The molecule has 0 amide bonds. The average molecular weight is 522 g/mol. The molecule has 10 heteroatoms. The van der Waals surface area contributed by atoms with Crippen LogP contribution in [0.4, 0.5) is 4.39 Å². The number of nitro groups is 1. The van der Waals surface area contributed by atoms with Crippen LogP contribution in [-0.2, 0) is 0 Å². The SMILES string of the molecule is O=[N+]([O-])/C(C(Cl)=C(Cl)Cl)=C(\Sc1ccc(Cl)cc1)N1CCC(c2ccc(F)cc2)CC1. The van der Waals surface area contributed by atoms with Crippen molar-refractivity contribution in [1.82, 2.24) is 4.90 Å². The Balaban J connectivity index is 1.92. The van der Waals surface area contributed by atoms with Crippen molar-refractivity contribution in [3.8, 4) is 0 Å². The van der Waals surface area contributed by atoms with Gasteiger partial charge in [0.25, 0.3) is 0 Å².